The number of nitrogens with one attached hydrogen (secondary N) is 2. The number of carbonyl (C=O) groups excluding carboxylic acids is 1. The summed E-state index contributed by atoms with van der Waals surface area (Å²) in [5.74, 6) is -1.15. The van der Waals surface area contributed by atoms with Crippen LogP contribution in [0.1, 0.15) is 25.1 Å². The van der Waals surface area contributed by atoms with Crippen LogP contribution >= 0.6 is 22.9 Å². The van der Waals surface area contributed by atoms with Crippen molar-refractivity contribution in [2.75, 3.05) is 0 Å². The van der Waals surface area contributed by atoms with E-state index in [1.807, 2.05) is 13.0 Å². The van der Waals surface area contributed by atoms with Gasteiger partial charge in [-0.25, -0.2) is 9.59 Å². The van der Waals surface area contributed by atoms with E-state index in [1.54, 1.807) is 13.0 Å². The summed E-state index contributed by atoms with van der Waals surface area (Å²) >= 11 is 7.15. The van der Waals surface area contributed by atoms with Gasteiger partial charge in [0.1, 0.15) is 6.04 Å². The lowest BCUT2D eigenvalue weighted by Crippen LogP contribution is -2.48. The van der Waals surface area contributed by atoms with Gasteiger partial charge in [-0.3, -0.25) is 0 Å². The van der Waals surface area contributed by atoms with Crippen LogP contribution in [0.5, 0.6) is 0 Å². The van der Waals surface area contributed by atoms with Crippen molar-refractivity contribution in [2.24, 2.45) is 5.92 Å². The smallest absolute Gasteiger partial charge is 0.326 e. The Hall–Kier alpha value is -1.27. The summed E-state index contributed by atoms with van der Waals surface area (Å²) in [5.41, 5.74) is 0. The maximum absolute atomic E-state index is 11.6. The Morgan fingerprint density at radius 2 is 2.16 bits per heavy atom. The lowest BCUT2D eigenvalue weighted by molar-refractivity contribution is -0.140. The van der Waals surface area contributed by atoms with Crippen molar-refractivity contribution in [3.8, 4) is 0 Å². The van der Waals surface area contributed by atoms with Crippen molar-refractivity contribution >= 4 is 34.9 Å². The molecule has 106 valence electrons. The first-order chi connectivity index (χ1) is 8.93. The Morgan fingerprint density at radius 1 is 1.47 bits per heavy atom. The average molecular weight is 305 g/mol. The van der Waals surface area contributed by atoms with Crippen molar-refractivity contribution in [3.63, 3.8) is 0 Å². The monoisotopic (exact) mass is 304 g/mol. The first-order valence-electron chi connectivity index (χ1n) is 5.95. The van der Waals surface area contributed by atoms with E-state index in [0.717, 1.165) is 4.88 Å². The lowest BCUT2D eigenvalue weighted by atomic mass is 9.99. The summed E-state index contributed by atoms with van der Waals surface area (Å²) in [7, 11) is 0. The van der Waals surface area contributed by atoms with Gasteiger partial charge in [-0.1, -0.05) is 31.9 Å². The van der Waals surface area contributed by atoms with Crippen molar-refractivity contribution in [3.05, 3.63) is 21.3 Å². The summed E-state index contributed by atoms with van der Waals surface area (Å²) in [4.78, 5) is 23.6. The molecule has 0 fully saturated rings. The Labute approximate surface area is 121 Å². The predicted octanol–water partition coefficient (Wildman–Crippen LogP) is 2.70. The molecule has 0 bridgehead atoms. The fraction of sp³-hybridized carbons (Fsp3) is 0.500. The number of hydrogen-bond donors (Lipinski definition) is 3. The zero-order valence-corrected chi connectivity index (χ0v) is 12.3. The van der Waals surface area contributed by atoms with Crippen LogP contribution < -0.4 is 10.6 Å². The SMILES string of the molecule is CC[C@H](C)[C@H](NC(=O)NCc1ccc(Cl)s1)C(=O)O. The highest BCUT2D eigenvalue weighted by atomic mass is 35.5. The second-order valence-electron chi connectivity index (χ2n) is 4.23. The van der Waals surface area contributed by atoms with Crippen LogP contribution in [0, 0.1) is 5.92 Å². The molecule has 0 saturated carbocycles. The molecule has 1 aromatic rings. The third-order valence-corrected chi connectivity index (χ3v) is 4.05. The molecule has 0 aliphatic carbocycles. The number of amides is 2. The molecular formula is C12H17ClN2O3S. The third-order valence-electron chi connectivity index (χ3n) is 2.82. The Balaban J connectivity index is 2.46. The molecular weight excluding hydrogens is 288 g/mol. The highest BCUT2D eigenvalue weighted by Crippen LogP contribution is 2.20. The quantitative estimate of drug-likeness (QED) is 0.756. The number of hydrogen-bond acceptors (Lipinski definition) is 3. The summed E-state index contributed by atoms with van der Waals surface area (Å²) in [6.45, 7) is 4.00. The topological polar surface area (TPSA) is 78.4 Å². The van der Waals surface area contributed by atoms with E-state index < -0.39 is 18.0 Å². The second-order valence-corrected chi connectivity index (χ2v) is 6.03. The van der Waals surface area contributed by atoms with Crippen LogP contribution in [0.25, 0.3) is 0 Å². The van der Waals surface area contributed by atoms with E-state index in [4.69, 9.17) is 16.7 Å². The fourth-order valence-corrected chi connectivity index (χ4v) is 2.52. The first-order valence-corrected chi connectivity index (χ1v) is 7.14. The lowest BCUT2D eigenvalue weighted by Gasteiger charge is -2.20. The van der Waals surface area contributed by atoms with E-state index in [9.17, 15) is 9.59 Å². The van der Waals surface area contributed by atoms with Gasteiger partial charge in [0.05, 0.1) is 10.9 Å². The van der Waals surface area contributed by atoms with Gasteiger partial charge in [-0.15, -0.1) is 11.3 Å². The van der Waals surface area contributed by atoms with Crippen molar-refractivity contribution < 1.29 is 14.7 Å². The molecule has 2 atom stereocenters. The highest BCUT2D eigenvalue weighted by molar-refractivity contribution is 7.16. The third kappa shape index (κ3) is 5.08. The fourth-order valence-electron chi connectivity index (χ4n) is 1.49. The standard InChI is InChI=1S/C12H17ClN2O3S/c1-3-7(2)10(11(16)17)15-12(18)14-6-8-4-5-9(13)19-8/h4-5,7,10H,3,6H2,1-2H3,(H,16,17)(H2,14,15,18)/t7-,10-/m0/s1. The normalized spacial score (nSPS) is 13.6. The number of halogens is 1. The van der Waals surface area contributed by atoms with E-state index in [-0.39, 0.29) is 5.92 Å². The number of urea groups is 1. The van der Waals surface area contributed by atoms with E-state index in [2.05, 4.69) is 10.6 Å². The minimum atomic E-state index is -1.02. The molecule has 5 nitrogen and oxygen atoms in total. The molecule has 0 spiro atoms. The van der Waals surface area contributed by atoms with E-state index >= 15 is 0 Å². The molecule has 1 heterocycles. The van der Waals surface area contributed by atoms with Gasteiger partial charge in [0, 0.05) is 4.88 Å². The van der Waals surface area contributed by atoms with E-state index in [0.29, 0.717) is 17.3 Å². The van der Waals surface area contributed by atoms with Gasteiger partial charge in [-0.05, 0) is 18.1 Å². The van der Waals surface area contributed by atoms with Crippen molar-refractivity contribution in [2.45, 2.75) is 32.9 Å². The molecule has 0 radical (unpaired) electrons. The van der Waals surface area contributed by atoms with Gasteiger partial charge < -0.3 is 15.7 Å². The summed E-state index contributed by atoms with van der Waals surface area (Å²) in [6.07, 6.45) is 0.678. The van der Waals surface area contributed by atoms with Crippen molar-refractivity contribution in [1.82, 2.24) is 10.6 Å². The van der Waals surface area contributed by atoms with Crippen LogP contribution in [0.15, 0.2) is 12.1 Å². The van der Waals surface area contributed by atoms with Crippen LogP contribution in [0.2, 0.25) is 4.34 Å². The zero-order chi connectivity index (χ0) is 14.4. The van der Waals surface area contributed by atoms with Gasteiger partial charge in [0.2, 0.25) is 0 Å². The van der Waals surface area contributed by atoms with Crippen LogP contribution in [0.4, 0.5) is 4.79 Å². The van der Waals surface area contributed by atoms with Gasteiger partial charge >= 0.3 is 12.0 Å². The first kappa shape index (κ1) is 15.8. The molecule has 0 aromatic carbocycles. The van der Waals surface area contributed by atoms with E-state index in [1.165, 1.54) is 11.3 Å². The summed E-state index contributed by atoms with van der Waals surface area (Å²) < 4.78 is 0.653. The van der Waals surface area contributed by atoms with Gasteiger partial charge in [0.25, 0.3) is 0 Å². The molecule has 0 aliphatic rings. The molecule has 7 heteroatoms. The van der Waals surface area contributed by atoms with Gasteiger partial charge in [0.15, 0.2) is 0 Å². The Bertz CT molecular complexity index is 450. The van der Waals surface area contributed by atoms with Crippen LogP contribution in [-0.2, 0) is 11.3 Å². The molecule has 1 aromatic heterocycles. The highest BCUT2D eigenvalue weighted by Gasteiger charge is 2.25. The number of carboxylic acids is 1. The molecule has 0 unspecified atom stereocenters. The maximum Gasteiger partial charge on any atom is 0.326 e. The molecule has 1 rings (SSSR count). The minimum absolute atomic E-state index is 0.126. The number of carboxylic acid groups (broad SMARTS) is 1. The zero-order valence-electron chi connectivity index (χ0n) is 10.8. The Kier molecular flexibility index (Phi) is 6.11. The molecule has 3 N–H and O–H groups in total. The molecule has 19 heavy (non-hydrogen) atoms. The number of aliphatic carboxylic acids is 1. The summed E-state index contributed by atoms with van der Waals surface area (Å²) in [6, 6.07) is 2.20. The maximum atomic E-state index is 11.6. The largest absolute Gasteiger partial charge is 0.480 e. The molecule has 0 aliphatic heterocycles. The number of thiophene rings is 1. The number of rotatable bonds is 6. The van der Waals surface area contributed by atoms with Crippen LogP contribution in [0.3, 0.4) is 0 Å². The average Bonchev–Trinajstić information content (AvgIpc) is 2.78. The molecule has 2 amide bonds. The minimum Gasteiger partial charge on any atom is -0.480 e. The van der Waals surface area contributed by atoms with Crippen molar-refractivity contribution in [1.29, 1.82) is 0 Å². The number of carbonyl (C=O) groups is 2. The van der Waals surface area contributed by atoms with Crippen LogP contribution in [-0.4, -0.2) is 23.1 Å². The predicted molar refractivity (Wildman–Crippen MR) is 75.6 cm³/mol. The Morgan fingerprint density at radius 3 is 2.63 bits per heavy atom. The van der Waals surface area contributed by atoms with Gasteiger partial charge in [-0.2, -0.15) is 0 Å². The molecule has 0 saturated heterocycles. The second kappa shape index (κ2) is 7.35. The summed E-state index contributed by atoms with van der Waals surface area (Å²) in [5, 5.41) is 14.1.